The van der Waals surface area contributed by atoms with Gasteiger partial charge in [-0.15, -0.1) is 0 Å². The van der Waals surface area contributed by atoms with Crippen molar-refractivity contribution in [2.45, 2.75) is 25.7 Å². The molecule has 0 radical (unpaired) electrons. The van der Waals surface area contributed by atoms with Crippen LogP contribution in [0.5, 0.6) is 0 Å². The molecule has 29 heavy (non-hydrogen) atoms. The number of nitrogens with one attached hydrogen (secondary N) is 2. The van der Waals surface area contributed by atoms with E-state index in [2.05, 4.69) is 10.0 Å². The molecule has 3 aromatic rings. The Morgan fingerprint density at radius 2 is 1.52 bits per heavy atom. The molecular formula is C22H21ClN2O3S. The minimum Gasteiger partial charge on any atom is -0.322 e. The Hall–Kier alpha value is -2.83. The van der Waals surface area contributed by atoms with E-state index < -0.39 is 15.9 Å². The fourth-order valence-electron chi connectivity index (χ4n) is 2.82. The Labute approximate surface area is 175 Å². The smallest absolute Gasteiger partial charge is 0.263 e. The van der Waals surface area contributed by atoms with Gasteiger partial charge < -0.3 is 5.32 Å². The van der Waals surface area contributed by atoms with Crippen LogP contribution in [-0.2, 0) is 10.0 Å². The highest BCUT2D eigenvalue weighted by Crippen LogP contribution is 2.27. The molecule has 0 aliphatic heterocycles. The summed E-state index contributed by atoms with van der Waals surface area (Å²) in [5.74, 6) is -0.423. The van der Waals surface area contributed by atoms with Crippen LogP contribution in [0.3, 0.4) is 0 Å². The molecular weight excluding hydrogens is 408 g/mol. The van der Waals surface area contributed by atoms with Gasteiger partial charge in [-0.1, -0.05) is 47.0 Å². The second kappa shape index (κ2) is 8.27. The summed E-state index contributed by atoms with van der Waals surface area (Å²) in [6, 6.07) is 16.9. The molecule has 0 fully saturated rings. The predicted molar refractivity (Wildman–Crippen MR) is 117 cm³/mol. The third-order valence-corrected chi connectivity index (χ3v) is 6.27. The van der Waals surface area contributed by atoms with Crippen molar-refractivity contribution in [1.29, 1.82) is 0 Å². The minimum atomic E-state index is -3.98. The van der Waals surface area contributed by atoms with Crippen molar-refractivity contribution in [2.75, 3.05) is 10.0 Å². The maximum Gasteiger partial charge on any atom is 0.263 e. The summed E-state index contributed by atoms with van der Waals surface area (Å²) >= 11 is 6.14. The molecule has 150 valence electrons. The Kier molecular flexibility index (Phi) is 5.96. The summed E-state index contributed by atoms with van der Waals surface area (Å²) in [5.41, 5.74) is 4.15. The van der Waals surface area contributed by atoms with E-state index in [0.717, 1.165) is 16.7 Å². The van der Waals surface area contributed by atoms with Gasteiger partial charge in [-0.05, 0) is 62.7 Å². The number of sulfonamides is 1. The van der Waals surface area contributed by atoms with Crippen molar-refractivity contribution in [1.82, 2.24) is 0 Å². The molecule has 0 aliphatic rings. The van der Waals surface area contributed by atoms with E-state index in [1.165, 1.54) is 18.2 Å². The number of halogens is 1. The van der Waals surface area contributed by atoms with Crippen molar-refractivity contribution in [3.05, 3.63) is 87.9 Å². The lowest BCUT2D eigenvalue weighted by Crippen LogP contribution is -2.17. The zero-order valence-corrected chi connectivity index (χ0v) is 17.9. The number of amides is 1. The first-order valence-corrected chi connectivity index (χ1v) is 10.8. The fourth-order valence-corrected chi connectivity index (χ4v) is 4.48. The van der Waals surface area contributed by atoms with Gasteiger partial charge in [0.05, 0.1) is 10.7 Å². The second-order valence-electron chi connectivity index (χ2n) is 6.89. The first-order chi connectivity index (χ1) is 13.7. The van der Waals surface area contributed by atoms with E-state index in [0.29, 0.717) is 11.4 Å². The SMILES string of the molecule is Cc1ccc(NC(=O)c2ccc(Cl)c(S(=O)(=O)Nc3ccc(C)cc3C)c2)cc1. The monoisotopic (exact) mass is 428 g/mol. The number of hydrogen-bond donors (Lipinski definition) is 2. The maximum absolute atomic E-state index is 12.9. The van der Waals surface area contributed by atoms with Crippen LogP contribution >= 0.6 is 11.6 Å². The lowest BCUT2D eigenvalue weighted by molar-refractivity contribution is 0.102. The molecule has 7 heteroatoms. The van der Waals surface area contributed by atoms with Gasteiger partial charge in [0.15, 0.2) is 0 Å². The highest BCUT2D eigenvalue weighted by Gasteiger charge is 2.21. The third-order valence-electron chi connectivity index (χ3n) is 4.42. The van der Waals surface area contributed by atoms with Crippen LogP contribution in [-0.4, -0.2) is 14.3 Å². The van der Waals surface area contributed by atoms with Gasteiger partial charge in [-0.3, -0.25) is 9.52 Å². The van der Waals surface area contributed by atoms with Crippen molar-refractivity contribution < 1.29 is 13.2 Å². The van der Waals surface area contributed by atoms with Crippen molar-refractivity contribution in [2.24, 2.45) is 0 Å². The van der Waals surface area contributed by atoms with Gasteiger partial charge in [-0.25, -0.2) is 8.42 Å². The number of hydrogen-bond acceptors (Lipinski definition) is 3. The molecule has 0 aromatic heterocycles. The van der Waals surface area contributed by atoms with E-state index in [9.17, 15) is 13.2 Å². The molecule has 0 saturated heterocycles. The highest BCUT2D eigenvalue weighted by atomic mass is 35.5. The van der Waals surface area contributed by atoms with Gasteiger partial charge in [0, 0.05) is 11.3 Å². The van der Waals surface area contributed by atoms with Crippen LogP contribution in [0, 0.1) is 20.8 Å². The molecule has 0 saturated carbocycles. The Balaban J connectivity index is 1.89. The normalized spacial score (nSPS) is 11.2. The van der Waals surface area contributed by atoms with Crippen LogP contribution < -0.4 is 10.0 Å². The number of benzene rings is 3. The molecule has 2 N–H and O–H groups in total. The van der Waals surface area contributed by atoms with E-state index in [1.807, 2.05) is 45.0 Å². The Morgan fingerprint density at radius 3 is 2.17 bits per heavy atom. The molecule has 0 unspecified atom stereocenters. The molecule has 3 aromatic carbocycles. The largest absolute Gasteiger partial charge is 0.322 e. The first-order valence-electron chi connectivity index (χ1n) is 8.93. The fraction of sp³-hybridized carbons (Fsp3) is 0.136. The molecule has 0 atom stereocenters. The van der Waals surface area contributed by atoms with Gasteiger partial charge in [-0.2, -0.15) is 0 Å². The molecule has 1 amide bonds. The summed E-state index contributed by atoms with van der Waals surface area (Å²) < 4.78 is 28.4. The number of carbonyl (C=O) groups is 1. The average Bonchev–Trinajstić information content (AvgIpc) is 2.66. The summed E-state index contributed by atoms with van der Waals surface area (Å²) in [6.07, 6.45) is 0. The minimum absolute atomic E-state index is 0.0363. The van der Waals surface area contributed by atoms with E-state index >= 15 is 0 Å². The van der Waals surface area contributed by atoms with Crippen LogP contribution in [0.2, 0.25) is 5.02 Å². The van der Waals surface area contributed by atoms with Crippen LogP contribution in [0.15, 0.2) is 65.6 Å². The quantitative estimate of drug-likeness (QED) is 0.577. The summed E-state index contributed by atoms with van der Waals surface area (Å²) in [4.78, 5) is 12.4. The topological polar surface area (TPSA) is 75.3 Å². The van der Waals surface area contributed by atoms with Gasteiger partial charge in [0.1, 0.15) is 4.90 Å². The molecule has 0 spiro atoms. The Morgan fingerprint density at radius 1 is 0.862 bits per heavy atom. The van der Waals surface area contributed by atoms with Crippen LogP contribution in [0.4, 0.5) is 11.4 Å². The van der Waals surface area contributed by atoms with Crippen molar-refractivity contribution in [3.63, 3.8) is 0 Å². The lowest BCUT2D eigenvalue weighted by Gasteiger charge is -2.13. The molecule has 0 heterocycles. The number of carbonyl (C=O) groups excluding carboxylic acids is 1. The standard InChI is InChI=1S/C22H21ClN2O3S/c1-14-4-8-18(9-5-14)24-22(26)17-7-10-19(23)21(13-17)29(27,28)25-20-11-6-15(2)12-16(20)3/h4-13,25H,1-3H3,(H,24,26). The molecule has 0 bridgehead atoms. The number of aryl methyl sites for hydroxylation is 3. The van der Waals surface area contributed by atoms with Gasteiger partial charge in [0.25, 0.3) is 15.9 Å². The average molecular weight is 429 g/mol. The molecule has 3 rings (SSSR count). The summed E-state index contributed by atoms with van der Waals surface area (Å²) in [6.45, 7) is 5.70. The highest BCUT2D eigenvalue weighted by molar-refractivity contribution is 7.92. The van der Waals surface area contributed by atoms with E-state index in [-0.39, 0.29) is 15.5 Å². The predicted octanol–water partition coefficient (Wildman–Crippen LogP) is 5.32. The molecule has 0 aliphatic carbocycles. The number of rotatable bonds is 5. The van der Waals surface area contributed by atoms with Crippen molar-refractivity contribution in [3.8, 4) is 0 Å². The van der Waals surface area contributed by atoms with Crippen LogP contribution in [0.1, 0.15) is 27.0 Å². The van der Waals surface area contributed by atoms with Crippen molar-refractivity contribution >= 4 is 38.9 Å². The second-order valence-corrected chi connectivity index (χ2v) is 8.95. The zero-order chi connectivity index (χ0) is 21.2. The summed E-state index contributed by atoms with van der Waals surface area (Å²) in [5, 5.41) is 2.79. The van der Waals surface area contributed by atoms with E-state index in [1.54, 1.807) is 18.2 Å². The van der Waals surface area contributed by atoms with Gasteiger partial charge >= 0.3 is 0 Å². The maximum atomic E-state index is 12.9. The first kappa shape index (κ1) is 20.9. The van der Waals surface area contributed by atoms with E-state index in [4.69, 9.17) is 11.6 Å². The molecule has 5 nitrogen and oxygen atoms in total. The summed E-state index contributed by atoms with van der Waals surface area (Å²) in [7, 11) is -3.98. The Bertz CT molecular complexity index is 1170. The number of anilines is 2. The van der Waals surface area contributed by atoms with Gasteiger partial charge in [0.2, 0.25) is 0 Å². The van der Waals surface area contributed by atoms with Crippen LogP contribution in [0.25, 0.3) is 0 Å². The third kappa shape index (κ3) is 4.96. The lowest BCUT2D eigenvalue weighted by atomic mass is 10.1. The zero-order valence-electron chi connectivity index (χ0n) is 16.3.